The van der Waals surface area contributed by atoms with E-state index in [0.717, 1.165) is 17.7 Å². The second-order valence-electron chi connectivity index (χ2n) is 7.41. The molecular weight excluding hydrogens is 344 g/mol. The summed E-state index contributed by atoms with van der Waals surface area (Å²) in [6.45, 7) is 3.66. The molecule has 0 aromatic heterocycles. The minimum atomic E-state index is -3.49. The van der Waals surface area contributed by atoms with E-state index in [1.165, 1.54) is 5.56 Å². The van der Waals surface area contributed by atoms with Gasteiger partial charge in [-0.2, -0.15) is 0 Å². The number of nitrogens with one attached hydrogen (secondary N) is 2. The summed E-state index contributed by atoms with van der Waals surface area (Å²) in [7, 11) is -3.49. The number of sulfonamides is 1. The molecule has 4 rings (SSSR count). The van der Waals surface area contributed by atoms with Crippen molar-refractivity contribution < 1.29 is 8.42 Å². The van der Waals surface area contributed by atoms with Crippen molar-refractivity contribution in [2.45, 2.75) is 43.2 Å². The van der Waals surface area contributed by atoms with E-state index in [-0.39, 0.29) is 18.0 Å². The van der Waals surface area contributed by atoms with Crippen LogP contribution in [0.3, 0.4) is 0 Å². The van der Waals surface area contributed by atoms with Gasteiger partial charge in [-0.25, -0.2) is 13.1 Å². The molecule has 0 saturated carbocycles. The van der Waals surface area contributed by atoms with Crippen LogP contribution in [0.15, 0.2) is 65.6 Å². The number of hydrogen-bond donors (Lipinski definition) is 2. The molecule has 1 aliphatic heterocycles. The Kier molecular flexibility index (Phi) is 4.37. The fraction of sp³-hybridized carbons (Fsp3) is 0.333. The molecule has 2 N–H and O–H groups in total. The molecule has 5 heteroatoms. The lowest BCUT2D eigenvalue weighted by molar-refractivity contribution is 0.425. The van der Waals surface area contributed by atoms with E-state index < -0.39 is 10.0 Å². The molecule has 2 aliphatic rings. The zero-order valence-corrected chi connectivity index (χ0v) is 15.8. The average Bonchev–Trinajstić information content (AvgIpc) is 3.10. The number of rotatable bonds is 4. The molecule has 3 atom stereocenters. The van der Waals surface area contributed by atoms with Crippen molar-refractivity contribution in [1.82, 2.24) is 4.72 Å². The van der Waals surface area contributed by atoms with E-state index in [1.807, 2.05) is 32.0 Å². The zero-order chi connectivity index (χ0) is 18.3. The number of anilines is 1. The molecule has 26 heavy (non-hydrogen) atoms. The molecule has 0 amide bonds. The van der Waals surface area contributed by atoms with Crippen molar-refractivity contribution >= 4 is 15.7 Å². The molecule has 1 aliphatic carbocycles. The Balaban J connectivity index is 1.74. The summed E-state index contributed by atoms with van der Waals surface area (Å²) in [4.78, 5) is 0.337. The molecule has 0 radical (unpaired) electrons. The topological polar surface area (TPSA) is 58.2 Å². The molecule has 0 fully saturated rings. The quantitative estimate of drug-likeness (QED) is 0.795. The second kappa shape index (κ2) is 6.56. The Hall–Kier alpha value is -2.11. The van der Waals surface area contributed by atoms with Crippen LogP contribution in [-0.2, 0) is 10.0 Å². The van der Waals surface area contributed by atoms with Gasteiger partial charge in [0, 0.05) is 17.6 Å². The maximum absolute atomic E-state index is 12.6. The predicted molar refractivity (Wildman–Crippen MR) is 105 cm³/mol. The molecule has 0 saturated heterocycles. The van der Waals surface area contributed by atoms with Crippen LogP contribution in [-0.4, -0.2) is 14.5 Å². The van der Waals surface area contributed by atoms with Gasteiger partial charge in [0.1, 0.15) is 0 Å². The highest BCUT2D eigenvalue weighted by molar-refractivity contribution is 7.89. The van der Waals surface area contributed by atoms with Crippen LogP contribution in [0.25, 0.3) is 0 Å². The molecule has 2 aromatic rings. The zero-order valence-electron chi connectivity index (χ0n) is 15.0. The Morgan fingerprint density at radius 1 is 1.12 bits per heavy atom. The summed E-state index contributed by atoms with van der Waals surface area (Å²) in [5, 5.41) is 3.65. The summed E-state index contributed by atoms with van der Waals surface area (Å²) >= 11 is 0. The maximum Gasteiger partial charge on any atom is 0.240 e. The summed E-state index contributed by atoms with van der Waals surface area (Å²) in [6.07, 6.45) is 5.44. The first kappa shape index (κ1) is 17.3. The van der Waals surface area contributed by atoms with Crippen molar-refractivity contribution in [3.05, 3.63) is 71.8 Å². The van der Waals surface area contributed by atoms with Crippen molar-refractivity contribution in [3.8, 4) is 0 Å². The Morgan fingerprint density at radius 3 is 2.62 bits per heavy atom. The fourth-order valence-electron chi connectivity index (χ4n) is 4.11. The van der Waals surface area contributed by atoms with Gasteiger partial charge in [0.2, 0.25) is 10.0 Å². The molecule has 1 heterocycles. The summed E-state index contributed by atoms with van der Waals surface area (Å²) in [6, 6.07) is 16.0. The number of allylic oxidation sites excluding steroid dienone is 2. The van der Waals surface area contributed by atoms with Crippen LogP contribution < -0.4 is 10.0 Å². The Bertz CT molecular complexity index is 936. The molecule has 0 spiro atoms. The van der Waals surface area contributed by atoms with E-state index in [0.29, 0.717) is 10.8 Å². The third-order valence-electron chi connectivity index (χ3n) is 5.19. The second-order valence-corrected chi connectivity index (χ2v) is 9.13. The summed E-state index contributed by atoms with van der Waals surface area (Å²) < 4.78 is 27.8. The highest BCUT2D eigenvalue weighted by atomic mass is 32.2. The number of hydrogen-bond acceptors (Lipinski definition) is 3. The first-order chi connectivity index (χ1) is 12.5. The van der Waals surface area contributed by atoms with Gasteiger partial charge < -0.3 is 5.32 Å². The van der Waals surface area contributed by atoms with Gasteiger partial charge in [-0.15, -0.1) is 0 Å². The van der Waals surface area contributed by atoms with E-state index in [1.54, 1.807) is 6.07 Å². The largest absolute Gasteiger partial charge is 0.378 e. The number of fused-ring (bicyclic) bond motifs is 3. The minimum absolute atomic E-state index is 0.129. The van der Waals surface area contributed by atoms with E-state index in [2.05, 4.69) is 46.5 Å². The van der Waals surface area contributed by atoms with E-state index in [4.69, 9.17) is 0 Å². The van der Waals surface area contributed by atoms with Gasteiger partial charge in [-0.05, 0) is 55.5 Å². The highest BCUT2D eigenvalue weighted by Crippen LogP contribution is 2.50. The highest BCUT2D eigenvalue weighted by Gasteiger charge is 2.38. The Morgan fingerprint density at radius 2 is 1.88 bits per heavy atom. The minimum Gasteiger partial charge on any atom is -0.378 e. The smallest absolute Gasteiger partial charge is 0.240 e. The van der Waals surface area contributed by atoms with Crippen LogP contribution in [0.5, 0.6) is 0 Å². The average molecular weight is 369 g/mol. The molecule has 2 aromatic carbocycles. The van der Waals surface area contributed by atoms with Gasteiger partial charge in [0.15, 0.2) is 0 Å². The van der Waals surface area contributed by atoms with Crippen LogP contribution in [0.1, 0.15) is 43.4 Å². The summed E-state index contributed by atoms with van der Waals surface area (Å²) in [5.41, 5.74) is 3.37. The van der Waals surface area contributed by atoms with Gasteiger partial charge in [0.05, 0.1) is 10.9 Å². The molecule has 136 valence electrons. The predicted octanol–water partition coefficient (Wildman–Crippen LogP) is 4.20. The third kappa shape index (κ3) is 3.06. The summed E-state index contributed by atoms with van der Waals surface area (Å²) in [5.74, 6) is 0.645. The van der Waals surface area contributed by atoms with E-state index >= 15 is 0 Å². The lowest BCUT2D eigenvalue weighted by Crippen LogP contribution is -2.31. The van der Waals surface area contributed by atoms with Gasteiger partial charge in [-0.3, -0.25) is 0 Å². The van der Waals surface area contributed by atoms with Crippen LogP contribution in [0, 0.1) is 5.92 Å². The monoisotopic (exact) mass is 368 g/mol. The SMILES string of the molecule is CC(C)NS(=O)(=O)c1ccc2c(c1)C1C=CCC1C(c1ccccc1)N2. The molecule has 4 nitrogen and oxygen atoms in total. The van der Waals surface area contributed by atoms with Gasteiger partial charge in [-0.1, -0.05) is 42.5 Å². The third-order valence-corrected chi connectivity index (χ3v) is 6.85. The van der Waals surface area contributed by atoms with Crippen LogP contribution in [0.2, 0.25) is 0 Å². The lowest BCUT2D eigenvalue weighted by atomic mass is 9.77. The maximum atomic E-state index is 12.6. The van der Waals surface area contributed by atoms with Crippen LogP contribution in [0.4, 0.5) is 5.69 Å². The van der Waals surface area contributed by atoms with Crippen molar-refractivity contribution in [2.75, 3.05) is 5.32 Å². The van der Waals surface area contributed by atoms with Crippen molar-refractivity contribution in [1.29, 1.82) is 0 Å². The molecular formula is C21H24N2O2S. The van der Waals surface area contributed by atoms with Crippen LogP contribution >= 0.6 is 0 Å². The molecule has 0 bridgehead atoms. The van der Waals surface area contributed by atoms with Gasteiger partial charge in [0.25, 0.3) is 0 Å². The fourth-order valence-corrected chi connectivity index (χ4v) is 5.39. The first-order valence-corrected chi connectivity index (χ1v) is 10.6. The van der Waals surface area contributed by atoms with Crippen molar-refractivity contribution in [2.24, 2.45) is 5.92 Å². The first-order valence-electron chi connectivity index (χ1n) is 9.10. The van der Waals surface area contributed by atoms with Crippen molar-refractivity contribution in [3.63, 3.8) is 0 Å². The molecule has 3 unspecified atom stereocenters. The number of benzene rings is 2. The van der Waals surface area contributed by atoms with E-state index in [9.17, 15) is 8.42 Å². The lowest BCUT2D eigenvalue weighted by Gasteiger charge is -2.37. The standard InChI is InChI=1S/C21H24N2O2S/c1-14(2)23-26(24,25)16-11-12-20-19(13-16)17-9-6-10-18(17)21(22-20)15-7-4-3-5-8-15/h3-9,11-14,17-18,21-23H,10H2,1-2H3. The Labute approximate surface area is 155 Å². The van der Waals surface area contributed by atoms with Gasteiger partial charge >= 0.3 is 0 Å². The normalized spacial score (nSPS) is 24.2.